The molecule has 1 heterocycles. The number of hydrogen-bond acceptors (Lipinski definition) is 3. The number of carboxylic acid groups (broad SMARTS) is 1. The molecule has 2 unspecified atom stereocenters. The monoisotopic (exact) mass is 181 g/mol. The number of ether oxygens (including phenoxy) is 1. The third-order valence-electron chi connectivity index (χ3n) is 1.97. The van der Waals surface area contributed by atoms with Gasteiger partial charge in [0.25, 0.3) is 0 Å². The number of carbonyl (C=O) groups is 1. The summed E-state index contributed by atoms with van der Waals surface area (Å²) < 4.78 is 5.35. The molecule has 4 nitrogen and oxygen atoms in total. The first-order valence-corrected chi connectivity index (χ1v) is 4.14. The van der Waals surface area contributed by atoms with Crippen LogP contribution in [-0.2, 0) is 9.53 Å². The Morgan fingerprint density at radius 3 is 2.77 bits per heavy atom. The molecule has 0 aliphatic carbocycles. The fraction of sp³-hybridized carbons (Fsp3) is 0.556. The molecule has 1 N–H and O–H groups in total. The minimum Gasteiger partial charge on any atom is -0.477 e. The molecule has 1 rings (SSSR count). The second-order valence-electron chi connectivity index (χ2n) is 3.06. The van der Waals surface area contributed by atoms with Crippen LogP contribution in [0, 0.1) is 11.3 Å². The zero-order valence-corrected chi connectivity index (χ0v) is 7.36. The molecule has 0 spiro atoms. The predicted octanol–water partition coefficient (Wildman–Crippen LogP) is 1.09. The Morgan fingerprint density at radius 1 is 1.69 bits per heavy atom. The highest BCUT2D eigenvalue weighted by Gasteiger charge is 2.21. The van der Waals surface area contributed by atoms with E-state index in [-0.39, 0.29) is 17.8 Å². The smallest absolute Gasteiger partial charge is 0.346 e. The lowest BCUT2D eigenvalue weighted by Crippen LogP contribution is -2.08. The molecule has 1 saturated heterocycles. The van der Waals surface area contributed by atoms with Gasteiger partial charge in [0, 0.05) is 0 Å². The third-order valence-corrected chi connectivity index (χ3v) is 1.97. The van der Waals surface area contributed by atoms with Crippen LogP contribution in [0.15, 0.2) is 11.6 Å². The average Bonchev–Trinajstić information content (AvgIpc) is 2.46. The quantitative estimate of drug-likeness (QED) is 0.511. The lowest BCUT2D eigenvalue weighted by molar-refractivity contribution is -0.132. The molecule has 1 aliphatic heterocycles. The van der Waals surface area contributed by atoms with Gasteiger partial charge in [-0.05, 0) is 25.8 Å². The van der Waals surface area contributed by atoms with Gasteiger partial charge in [0.15, 0.2) is 0 Å². The van der Waals surface area contributed by atoms with Crippen LogP contribution < -0.4 is 0 Å². The Morgan fingerprint density at radius 2 is 2.38 bits per heavy atom. The van der Waals surface area contributed by atoms with E-state index in [4.69, 9.17) is 15.1 Å². The number of carboxylic acids is 1. The molecule has 0 aromatic carbocycles. The molecule has 1 aliphatic rings. The minimum absolute atomic E-state index is 0.162. The molecule has 1 fully saturated rings. The maximum Gasteiger partial charge on any atom is 0.346 e. The summed E-state index contributed by atoms with van der Waals surface area (Å²) in [6.45, 7) is 1.93. The number of nitriles is 1. The number of aliphatic carboxylic acids is 1. The first-order chi connectivity index (χ1) is 6.13. The highest BCUT2D eigenvalue weighted by atomic mass is 16.5. The zero-order valence-electron chi connectivity index (χ0n) is 7.36. The molecule has 70 valence electrons. The van der Waals surface area contributed by atoms with Gasteiger partial charge in [-0.25, -0.2) is 4.79 Å². The molecule has 13 heavy (non-hydrogen) atoms. The van der Waals surface area contributed by atoms with Gasteiger partial charge in [-0.2, -0.15) is 5.26 Å². The summed E-state index contributed by atoms with van der Waals surface area (Å²) in [5.41, 5.74) is -0.237. The summed E-state index contributed by atoms with van der Waals surface area (Å²) in [5, 5.41) is 17.0. The second kappa shape index (κ2) is 4.06. The van der Waals surface area contributed by atoms with Crippen LogP contribution in [0.4, 0.5) is 0 Å². The Hall–Kier alpha value is -1.34. The molecular formula is C9H11NO3. The Labute approximate surface area is 76.4 Å². The largest absolute Gasteiger partial charge is 0.477 e. The van der Waals surface area contributed by atoms with Gasteiger partial charge in [0.2, 0.25) is 0 Å². The average molecular weight is 181 g/mol. The second-order valence-corrected chi connectivity index (χ2v) is 3.06. The Bertz CT molecular complexity index is 277. The van der Waals surface area contributed by atoms with Crippen LogP contribution >= 0.6 is 0 Å². The van der Waals surface area contributed by atoms with E-state index in [9.17, 15) is 4.79 Å². The third kappa shape index (κ3) is 2.56. The van der Waals surface area contributed by atoms with E-state index in [1.807, 2.05) is 6.92 Å². The topological polar surface area (TPSA) is 70.3 Å². The van der Waals surface area contributed by atoms with Crippen LogP contribution in [0.2, 0.25) is 0 Å². The lowest BCUT2D eigenvalue weighted by atomic mass is 10.1. The fourth-order valence-corrected chi connectivity index (χ4v) is 1.30. The van der Waals surface area contributed by atoms with Gasteiger partial charge in [0.05, 0.1) is 12.2 Å². The van der Waals surface area contributed by atoms with Crippen LogP contribution in [0.3, 0.4) is 0 Å². The number of hydrogen-bond donors (Lipinski definition) is 1. The van der Waals surface area contributed by atoms with E-state index >= 15 is 0 Å². The maximum atomic E-state index is 10.5. The molecule has 4 heteroatoms. The summed E-state index contributed by atoms with van der Waals surface area (Å²) in [4.78, 5) is 10.5. The van der Waals surface area contributed by atoms with Crippen molar-refractivity contribution in [3.63, 3.8) is 0 Å². The molecular weight excluding hydrogens is 170 g/mol. The summed E-state index contributed by atoms with van der Waals surface area (Å²) in [6, 6.07) is 1.62. The van der Waals surface area contributed by atoms with Crippen molar-refractivity contribution in [1.82, 2.24) is 0 Å². The summed E-state index contributed by atoms with van der Waals surface area (Å²) in [6.07, 6.45) is 3.04. The van der Waals surface area contributed by atoms with Gasteiger partial charge >= 0.3 is 5.97 Å². The van der Waals surface area contributed by atoms with Crippen LogP contribution in [0.1, 0.15) is 19.8 Å². The van der Waals surface area contributed by atoms with Crippen molar-refractivity contribution < 1.29 is 14.6 Å². The molecule has 0 aromatic heterocycles. The summed E-state index contributed by atoms with van der Waals surface area (Å²) in [7, 11) is 0. The van der Waals surface area contributed by atoms with E-state index in [1.54, 1.807) is 6.07 Å². The van der Waals surface area contributed by atoms with Crippen molar-refractivity contribution in [2.75, 3.05) is 0 Å². The Balaban J connectivity index is 2.64. The summed E-state index contributed by atoms with van der Waals surface area (Å²) in [5.74, 6) is -1.19. The van der Waals surface area contributed by atoms with Gasteiger partial charge in [-0.15, -0.1) is 0 Å². The first-order valence-electron chi connectivity index (χ1n) is 4.14. The van der Waals surface area contributed by atoms with Gasteiger partial charge in [-0.3, -0.25) is 0 Å². The van der Waals surface area contributed by atoms with Crippen LogP contribution in [0.5, 0.6) is 0 Å². The normalized spacial score (nSPS) is 28.5. The molecule has 2 atom stereocenters. The van der Waals surface area contributed by atoms with Gasteiger partial charge < -0.3 is 9.84 Å². The molecule has 0 aromatic rings. The summed E-state index contributed by atoms with van der Waals surface area (Å²) >= 11 is 0. The van der Waals surface area contributed by atoms with Crippen molar-refractivity contribution in [1.29, 1.82) is 5.26 Å². The number of nitrogens with zero attached hydrogens (tertiary/aromatic N) is 1. The molecule has 0 bridgehead atoms. The highest BCUT2D eigenvalue weighted by Crippen LogP contribution is 2.20. The van der Waals surface area contributed by atoms with Gasteiger partial charge in [0.1, 0.15) is 11.6 Å². The van der Waals surface area contributed by atoms with E-state index in [0.717, 1.165) is 12.8 Å². The first kappa shape index (κ1) is 9.75. The van der Waals surface area contributed by atoms with E-state index in [0.29, 0.717) is 0 Å². The van der Waals surface area contributed by atoms with Crippen LogP contribution in [0.25, 0.3) is 0 Å². The van der Waals surface area contributed by atoms with Crippen molar-refractivity contribution in [2.45, 2.75) is 32.0 Å². The minimum atomic E-state index is -1.19. The van der Waals surface area contributed by atoms with Crippen molar-refractivity contribution in [3.8, 4) is 6.07 Å². The van der Waals surface area contributed by atoms with E-state index < -0.39 is 5.97 Å². The van der Waals surface area contributed by atoms with Crippen molar-refractivity contribution >= 4 is 5.97 Å². The van der Waals surface area contributed by atoms with E-state index in [1.165, 1.54) is 6.08 Å². The Kier molecular flexibility index (Phi) is 3.04. The predicted molar refractivity (Wildman–Crippen MR) is 44.9 cm³/mol. The molecule has 0 radical (unpaired) electrons. The lowest BCUT2D eigenvalue weighted by Gasteiger charge is -2.04. The fourth-order valence-electron chi connectivity index (χ4n) is 1.30. The van der Waals surface area contributed by atoms with Crippen molar-refractivity contribution in [3.05, 3.63) is 11.6 Å². The molecule has 0 amide bonds. The maximum absolute atomic E-state index is 10.5. The highest BCUT2D eigenvalue weighted by molar-refractivity contribution is 5.91. The van der Waals surface area contributed by atoms with Crippen molar-refractivity contribution in [2.24, 2.45) is 0 Å². The standard InChI is InChI=1S/C9H11NO3/c1-6-2-3-8(13-6)4-7(5-10)9(11)12/h4,6,8H,2-3H2,1H3,(H,11,12)/b7-4-. The zero-order chi connectivity index (χ0) is 9.84. The van der Waals surface area contributed by atoms with E-state index in [2.05, 4.69) is 0 Å². The van der Waals surface area contributed by atoms with Gasteiger partial charge in [-0.1, -0.05) is 0 Å². The van der Waals surface area contributed by atoms with Crippen LogP contribution in [-0.4, -0.2) is 23.3 Å². The molecule has 0 saturated carbocycles. The number of rotatable bonds is 2. The SMILES string of the molecule is CC1CCC(/C=C(/C#N)C(=O)O)O1.